The van der Waals surface area contributed by atoms with E-state index in [9.17, 15) is 26.4 Å². The molecule has 0 saturated heterocycles. The van der Waals surface area contributed by atoms with Crippen LogP contribution in [0.1, 0.15) is 31.0 Å². The van der Waals surface area contributed by atoms with E-state index in [4.69, 9.17) is 14.3 Å². The zero-order chi connectivity index (χ0) is 27.9. The van der Waals surface area contributed by atoms with Gasteiger partial charge in [-0.1, -0.05) is 5.16 Å². The van der Waals surface area contributed by atoms with Gasteiger partial charge in [0.1, 0.15) is 5.69 Å². The molecule has 0 atom stereocenters. The molecule has 2 aromatic heterocycles. The van der Waals surface area contributed by atoms with Gasteiger partial charge >= 0.3 is 12.1 Å². The number of sulfone groups is 1. The molecule has 0 bridgehead atoms. The van der Waals surface area contributed by atoms with E-state index in [1.807, 2.05) is 0 Å². The Morgan fingerprint density at radius 2 is 1.68 bits per heavy atom. The van der Waals surface area contributed by atoms with Crippen molar-refractivity contribution in [2.45, 2.75) is 31.1 Å². The van der Waals surface area contributed by atoms with E-state index >= 15 is 0 Å². The summed E-state index contributed by atoms with van der Waals surface area (Å²) in [6.45, 7) is 1.61. The minimum absolute atomic E-state index is 0.151. The Morgan fingerprint density at radius 3 is 2.32 bits per heavy atom. The topological polar surface area (TPSA) is 130 Å². The fourth-order valence-electron chi connectivity index (χ4n) is 3.16. The summed E-state index contributed by atoms with van der Waals surface area (Å²) < 4.78 is 76.6. The standard InChI is InChI=1S/C24H23F3N4O6S/c1-15(16-8-10-28-11-9-16)31-37-22(32)5-4-12-38(33,34)23-29-18(14-21(30-23)24(25,26)27)17-6-7-19(35-2)20(13-17)36-3/h6-11,13-14H,4-5,12H2,1-3H3. The van der Waals surface area contributed by atoms with Crippen molar-refractivity contribution >= 4 is 21.5 Å². The zero-order valence-corrected chi connectivity index (χ0v) is 21.3. The molecule has 0 aliphatic rings. The molecule has 0 saturated carbocycles. The van der Waals surface area contributed by atoms with Crippen LogP contribution < -0.4 is 9.47 Å². The van der Waals surface area contributed by atoms with Crippen molar-refractivity contribution in [3.63, 3.8) is 0 Å². The Hall–Kier alpha value is -4.07. The number of aromatic nitrogens is 3. The maximum Gasteiger partial charge on any atom is 0.433 e. The number of hydrogen-bond donors (Lipinski definition) is 0. The van der Waals surface area contributed by atoms with Crippen molar-refractivity contribution in [1.82, 2.24) is 15.0 Å². The van der Waals surface area contributed by atoms with Crippen LogP contribution in [0, 0.1) is 0 Å². The van der Waals surface area contributed by atoms with Crippen LogP contribution in [0.3, 0.4) is 0 Å². The quantitative estimate of drug-likeness (QED) is 0.158. The van der Waals surface area contributed by atoms with Gasteiger partial charge < -0.3 is 14.3 Å². The summed E-state index contributed by atoms with van der Waals surface area (Å²) in [5.41, 5.74) is -0.503. The maximum absolute atomic E-state index is 13.5. The van der Waals surface area contributed by atoms with Crippen molar-refractivity contribution in [1.29, 1.82) is 0 Å². The number of hydrogen-bond acceptors (Lipinski definition) is 10. The second-order valence-corrected chi connectivity index (χ2v) is 9.79. The molecule has 0 N–H and O–H groups in total. The van der Waals surface area contributed by atoms with E-state index in [1.54, 1.807) is 19.1 Å². The molecule has 3 rings (SSSR count). The highest BCUT2D eigenvalue weighted by Crippen LogP contribution is 2.35. The van der Waals surface area contributed by atoms with Gasteiger partial charge in [0.05, 0.1) is 31.4 Å². The largest absolute Gasteiger partial charge is 0.493 e. The van der Waals surface area contributed by atoms with E-state index in [1.165, 1.54) is 44.8 Å². The van der Waals surface area contributed by atoms with Crippen LogP contribution in [-0.2, 0) is 25.6 Å². The number of pyridine rings is 1. The second-order valence-electron chi connectivity index (χ2n) is 7.79. The van der Waals surface area contributed by atoms with Gasteiger partial charge in [-0.25, -0.2) is 23.2 Å². The Bertz CT molecular complexity index is 1430. The van der Waals surface area contributed by atoms with Gasteiger partial charge in [-0.15, -0.1) is 0 Å². The minimum atomic E-state index is -4.94. The Morgan fingerprint density at radius 1 is 1.00 bits per heavy atom. The van der Waals surface area contributed by atoms with Gasteiger partial charge in [0.25, 0.3) is 0 Å². The third-order valence-electron chi connectivity index (χ3n) is 5.13. The van der Waals surface area contributed by atoms with Gasteiger partial charge in [-0.2, -0.15) is 13.2 Å². The predicted molar refractivity (Wildman–Crippen MR) is 129 cm³/mol. The van der Waals surface area contributed by atoms with Crippen molar-refractivity contribution in [3.8, 4) is 22.8 Å². The molecular weight excluding hydrogens is 529 g/mol. The van der Waals surface area contributed by atoms with Crippen LogP contribution in [0.25, 0.3) is 11.3 Å². The summed E-state index contributed by atoms with van der Waals surface area (Å²) in [5, 5.41) is 2.68. The minimum Gasteiger partial charge on any atom is -0.493 e. The fourth-order valence-corrected chi connectivity index (χ4v) is 4.34. The second kappa shape index (κ2) is 12.0. The summed E-state index contributed by atoms with van der Waals surface area (Å²) in [6.07, 6.45) is -2.47. The first-order valence-corrected chi connectivity index (χ1v) is 12.7. The highest BCUT2D eigenvalue weighted by atomic mass is 32.2. The maximum atomic E-state index is 13.5. The highest BCUT2D eigenvalue weighted by Gasteiger charge is 2.35. The average Bonchev–Trinajstić information content (AvgIpc) is 2.90. The average molecular weight is 553 g/mol. The number of nitrogens with zero attached hydrogens (tertiary/aromatic N) is 4. The molecule has 1 aromatic carbocycles. The van der Waals surface area contributed by atoms with Crippen LogP contribution >= 0.6 is 0 Å². The lowest BCUT2D eigenvalue weighted by Gasteiger charge is -2.13. The predicted octanol–water partition coefficient (Wildman–Crippen LogP) is 4.10. The van der Waals surface area contributed by atoms with E-state index in [0.29, 0.717) is 23.1 Å². The number of rotatable bonds is 10. The van der Waals surface area contributed by atoms with E-state index < -0.39 is 38.6 Å². The molecule has 0 amide bonds. The number of benzene rings is 1. The summed E-state index contributed by atoms with van der Waals surface area (Å²) in [5.74, 6) is -0.977. The molecule has 0 radical (unpaired) electrons. The molecule has 3 aromatic rings. The van der Waals surface area contributed by atoms with E-state index in [0.717, 1.165) is 0 Å². The number of ether oxygens (including phenoxy) is 2. The molecule has 10 nitrogen and oxygen atoms in total. The smallest absolute Gasteiger partial charge is 0.433 e. The first kappa shape index (κ1) is 28.5. The normalized spacial score (nSPS) is 12.2. The van der Waals surface area contributed by atoms with Gasteiger partial charge in [-0.3, -0.25) is 4.98 Å². The third-order valence-corrected chi connectivity index (χ3v) is 6.70. The fraction of sp³-hybridized carbons (Fsp3) is 0.292. The van der Waals surface area contributed by atoms with Crippen molar-refractivity contribution in [2.24, 2.45) is 5.16 Å². The first-order valence-electron chi connectivity index (χ1n) is 11.0. The molecule has 2 heterocycles. The van der Waals surface area contributed by atoms with Crippen LogP contribution in [0.2, 0.25) is 0 Å². The molecule has 0 aliphatic carbocycles. The number of methoxy groups -OCH3 is 2. The van der Waals surface area contributed by atoms with Crippen LogP contribution in [0.4, 0.5) is 13.2 Å². The van der Waals surface area contributed by atoms with Gasteiger partial charge in [-0.05, 0) is 49.7 Å². The molecule has 202 valence electrons. The molecular formula is C24H23F3N4O6S. The number of oxime groups is 1. The molecule has 38 heavy (non-hydrogen) atoms. The van der Waals surface area contributed by atoms with E-state index in [-0.39, 0.29) is 29.8 Å². The summed E-state index contributed by atoms with van der Waals surface area (Å²) in [6, 6.07) is 8.17. The molecule has 0 fully saturated rings. The summed E-state index contributed by atoms with van der Waals surface area (Å²) in [4.78, 5) is 27.8. The number of carbonyl (C=O) groups is 1. The third kappa shape index (κ3) is 7.25. The molecule has 14 heteroatoms. The van der Waals surface area contributed by atoms with Gasteiger partial charge in [0.2, 0.25) is 15.0 Å². The van der Waals surface area contributed by atoms with Gasteiger partial charge in [0, 0.05) is 29.9 Å². The van der Waals surface area contributed by atoms with Crippen molar-refractivity contribution in [3.05, 3.63) is 60.0 Å². The SMILES string of the molecule is COc1ccc(-c2cc(C(F)(F)F)nc(S(=O)(=O)CCCC(=O)ON=C(C)c3ccncc3)n2)cc1OC. The molecule has 0 spiro atoms. The summed E-state index contributed by atoms with van der Waals surface area (Å²) in [7, 11) is -1.67. The van der Waals surface area contributed by atoms with Crippen molar-refractivity contribution in [2.75, 3.05) is 20.0 Å². The number of carbonyl (C=O) groups excluding carboxylic acids is 1. The molecule has 0 aliphatic heterocycles. The lowest BCUT2D eigenvalue weighted by Crippen LogP contribution is -2.17. The van der Waals surface area contributed by atoms with Crippen molar-refractivity contribution < 1.29 is 40.7 Å². The van der Waals surface area contributed by atoms with Gasteiger partial charge in [0.15, 0.2) is 11.5 Å². The lowest BCUT2D eigenvalue weighted by molar-refractivity contribution is -0.143. The Labute approximate surface area is 216 Å². The monoisotopic (exact) mass is 552 g/mol. The lowest BCUT2D eigenvalue weighted by atomic mass is 10.1. The van der Waals surface area contributed by atoms with Crippen LogP contribution in [0.5, 0.6) is 11.5 Å². The Kier molecular flexibility index (Phi) is 8.99. The zero-order valence-electron chi connectivity index (χ0n) is 20.5. The molecule has 0 unspecified atom stereocenters. The summed E-state index contributed by atoms with van der Waals surface area (Å²) >= 11 is 0. The highest BCUT2D eigenvalue weighted by molar-refractivity contribution is 7.91. The Balaban J connectivity index is 1.78. The van der Waals surface area contributed by atoms with Crippen LogP contribution in [-0.4, -0.2) is 55.0 Å². The van der Waals surface area contributed by atoms with Crippen LogP contribution in [0.15, 0.2) is 59.1 Å². The first-order chi connectivity index (χ1) is 17.9. The number of alkyl halides is 3. The number of halogens is 3. The van der Waals surface area contributed by atoms with E-state index in [2.05, 4.69) is 20.1 Å².